The highest BCUT2D eigenvalue weighted by molar-refractivity contribution is 5.89. The van der Waals surface area contributed by atoms with Crippen molar-refractivity contribution in [1.29, 1.82) is 0 Å². The average Bonchev–Trinajstić information content (AvgIpc) is 2.63. The number of carbonyl (C=O) groups is 1. The fourth-order valence-corrected chi connectivity index (χ4v) is 3.56. The Bertz CT molecular complexity index is 942. The number of benzene rings is 1. The van der Waals surface area contributed by atoms with Crippen LogP contribution in [0.15, 0.2) is 29.2 Å². The summed E-state index contributed by atoms with van der Waals surface area (Å²) in [5, 5.41) is 0. The normalized spacial score (nSPS) is 15.3. The molecule has 1 aromatic heterocycles. The molecule has 4 rings (SSSR count). The number of ether oxygens (including phenoxy) is 3. The van der Waals surface area contributed by atoms with Crippen LogP contribution in [-0.2, 0) is 17.7 Å². The van der Waals surface area contributed by atoms with Crippen molar-refractivity contribution in [2.45, 2.75) is 45.3 Å². The van der Waals surface area contributed by atoms with E-state index in [0.29, 0.717) is 12.3 Å². The molecular formula is C21H23NO5. The summed E-state index contributed by atoms with van der Waals surface area (Å²) in [5.41, 5.74) is 2.57. The van der Waals surface area contributed by atoms with Gasteiger partial charge in [-0.2, -0.15) is 0 Å². The maximum Gasteiger partial charge on any atom is 0.343 e. The number of rotatable bonds is 5. The van der Waals surface area contributed by atoms with Crippen molar-refractivity contribution < 1.29 is 19.0 Å². The van der Waals surface area contributed by atoms with E-state index in [2.05, 4.69) is 0 Å². The molecular weight excluding hydrogens is 346 g/mol. The minimum Gasteiger partial charge on any atom is -0.493 e. The van der Waals surface area contributed by atoms with Gasteiger partial charge in [0.2, 0.25) is 0 Å². The molecule has 0 saturated heterocycles. The molecule has 1 aliphatic carbocycles. The number of nitrogens with zero attached hydrogens (tertiary/aromatic N) is 1. The zero-order valence-electron chi connectivity index (χ0n) is 15.6. The molecule has 1 aromatic carbocycles. The summed E-state index contributed by atoms with van der Waals surface area (Å²) in [4.78, 5) is 24.5. The molecule has 1 saturated carbocycles. The summed E-state index contributed by atoms with van der Waals surface area (Å²) in [6.45, 7) is 2.65. The molecule has 2 aliphatic rings. The van der Waals surface area contributed by atoms with Crippen molar-refractivity contribution in [3.63, 3.8) is 0 Å². The standard InChI is InChI=1S/C21H23NO5/c1-3-26-21(24)16-12-22-8-7-13-9-20(27-14-5-4-6-14)19(25-2)10-15(13)17(22)11-18(16)23/h9-12,14H,3-8H2,1-2H3. The Morgan fingerprint density at radius 1 is 1.22 bits per heavy atom. The highest BCUT2D eigenvalue weighted by Gasteiger charge is 2.25. The van der Waals surface area contributed by atoms with Crippen molar-refractivity contribution >= 4 is 5.97 Å². The number of hydrogen-bond acceptors (Lipinski definition) is 5. The highest BCUT2D eigenvalue weighted by Crippen LogP contribution is 2.40. The van der Waals surface area contributed by atoms with Crippen molar-refractivity contribution in [2.75, 3.05) is 13.7 Å². The maximum atomic E-state index is 12.5. The fraction of sp³-hybridized carbons (Fsp3) is 0.429. The molecule has 27 heavy (non-hydrogen) atoms. The first-order valence-electron chi connectivity index (χ1n) is 9.40. The second kappa shape index (κ2) is 7.10. The minimum absolute atomic E-state index is 0.0703. The number of methoxy groups -OCH3 is 1. The minimum atomic E-state index is -0.578. The van der Waals surface area contributed by atoms with Crippen LogP contribution < -0.4 is 14.9 Å². The van der Waals surface area contributed by atoms with Crippen LogP contribution in [0, 0.1) is 0 Å². The first-order valence-corrected chi connectivity index (χ1v) is 9.40. The largest absolute Gasteiger partial charge is 0.493 e. The van der Waals surface area contributed by atoms with E-state index in [1.165, 1.54) is 12.5 Å². The molecule has 0 N–H and O–H groups in total. The van der Waals surface area contributed by atoms with Crippen molar-refractivity contribution in [3.05, 3.63) is 45.7 Å². The number of hydrogen-bond donors (Lipinski definition) is 0. The van der Waals surface area contributed by atoms with Gasteiger partial charge < -0.3 is 18.8 Å². The lowest BCUT2D eigenvalue weighted by molar-refractivity contribution is 0.0524. The van der Waals surface area contributed by atoms with Crippen LogP contribution >= 0.6 is 0 Å². The summed E-state index contributed by atoms with van der Waals surface area (Å²) in [6, 6.07) is 5.47. The molecule has 2 aromatic rings. The number of fused-ring (bicyclic) bond motifs is 3. The van der Waals surface area contributed by atoms with Gasteiger partial charge in [0.05, 0.1) is 25.5 Å². The molecule has 0 unspecified atom stereocenters. The van der Waals surface area contributed by atoms with Crippen LogP contribution in [0.5, 0.6) is 11.5 Å². The van der Waals surface area contributed by atoms with Crippen LogP contribution in [0.2, 0.25) is 0 Å². The van der Waals surface area contributed by atoms with E-state index >= 15 is 0 Å². The van der Waals surface area contributed by atoms with Crippen LogP contribution in [-0.4, -0.2) is 30.4 Å². The lowest BCUT2D eigenvalue weighted by Crippen LogP contribution is -2.25. The zero-order chi connectivity index (χ0) is 19.0. The Hall–Kier alpha value is -2.76. The third kappa shape index (κ3) is 3.20. The van der Waals surface area contributed by atoms with E-state index in [1.807, 2.05) is 16.7 Å². The van der Waals surface area contributed by atoms with Gasteiger partial charge in [-0.3, -0.25) is 4.79 Å². The monoisotopic (exact) mass is 369 g/mol. The molecule has 0 bridgehead atoms. The van der Waals surface area contributed by atoms with E-state index in [0.717, 1.165) is 41.8 Å². The molecule has 6 nitrogen and oxygen atoms in total. The van der Waals surface area contributed by atoms with Gasteiger partial charge in [-0.1, -0.05) is 0 Å². The molecule has 142 valence electrons. The topological polar surface area (TPSA) is 66.8 Å². The van der Waals surface area contributed by atoms with Gasteiger partial charge in [0, 0.05) is 24.4 Å². The van der Waals surface area contributed by atoms with Gasteiger partial charge in [-0.15, -0.1) is 0 Å². The molecule has 0 radical (unpaired) electrons. The summed E-state index contributed by atoms with van der Waals surface area (Å²) < 4.78 is 18.5. The highest BCUT2D eigenvalue weighted by atomic mass is 16.5. The number of esters is 1. The third-order valence-electron chi connectivity index (χ3n) is 5.26. The maximum absolute atomic E-state index is 12.5. The quantitative estimate of drug-likeness (QED) is 0.757. The van der Waals surface area contributed by atoms with E-state index < -0.39 is 5.97 Å². The second-order valence-electron chi connectivity index (χ2n) is 6.93. The van der Waals surface area contributed by atoms with Crippen LogP contribution in [0.4, 0.5) is 0 Å². The Labute approximate surface area is 157 Å². The molecule has 6 heteroatoms. The van der Waals surface area contributed by atoms with Gasteiger partial charge in [-0.25, -0.2) is 4.79 Å². The Morgan fingerprint density at radius 3 is 2.70 bits per heavy atom. The summed E-state index contributed by atoms with van der Waals surface area (Å²) in [6.07, 6.45) is 6.02. The number of aromatic nitrogens is 1. The van der Waals surface area contributed by atoms with Crippen molar-refractivity contribution in [2.24, 2.45) is 0 Å². The number of aryl methyl sites for hydroxylation is 2. The Balaban J connectivity index is 1.75. The van der Waals surface area contributed by atoms with Crippen molar-refractivity contribution in [1.82, 2.24) is 4.57 Å². The van der Waals surface area contributed by atoms with E-state index in [4.69, 9.17) is 14.2 Å². The molecule has 2 heterocycles. The van der Waals surface area contributed by atoms with E-state index in [1.54, 1.807) is 20.2 Å². The smallest absolute Gasteiger partial charge is 0.343 e. The number of pyridine rings is 1. The van der Waals surface area contributed by atoms with Crippen LogP contribution in [0.1, 0.15) is 42.1 Å². The molecule has 0 atom stereocenters. The Kier molecular flexibility index (Phi) is 4.64. The van der Waals surface area contributed by atoms with Gasteiger partial charge >= 0.3 is 5.97 Å². The Morgan fingerprint density at radius 2 is 2.04 bits per heavy atom. The van der Waals surface area contributed by atoms with Crippen molar-refractivity contribution in [3.8, 4) is 22.8 Å². The average molecular weight is 369 g/mol. The van der Waals surface area contributed by atoms with Gasteiger partial charge in [0.25, 0.3) is 0 Å². The lowest BCUT2D eigenvalue weighted by atomic mass is 9.94. The number of carbonyl (C=O) groups excluding carboxylic acids is 1. The predicted octanol–water partition coefficient (Wildman–Crippen LogP) is 3.19. The second-order valence-corrected chi connectivity index (χ2v) is 6.93. The summed E-state index contributed by atoms with van der Waals surface area (Å²) >= 11 is 0. The predicted molar refractivity (Wildman–Crippen MR) is 101 cm³/mol. The van der Waals surface area contributed by atoms with E-state index in [-0.39, 0.29) is 23.7 Å². The third-order valence-corrected chi connectivity index (χ3v) is 5.26. The fourth-order valence-electron chi connectivity index (χ4n) is 3.56. The van der Waals surface area contributed by atoms with Gasteiger partial charge in [0.1, 0.15) is 5.56 Å². The first kappa shape index (κ1) is 17.6. The van der Waals surface area contributed by atoms with Crippen LogP contribution in [0.3, 0.4) is 0 Å². The summed E-state index contributed by atoms with van der Waals surface area (Å²) in [5.74, 6) is 0.848. The first-order chi connectivity index (χ1) is 13.1. The van der Waals surface area contributed by atoms with Gasteiger partial charge in [-0.05, 0) is 50.3 Å². The van der Waals surface area contributed by atoms with Crippen LogP contribution in [0.25, 0.3) is 11.3 Å². The molecule has 1 fully saturated rings. The zero-order valence-corrected chi connectivity index (χ0v) is 15.6. The molecule has 0 amide bonds. The summed E-state index contributed by atoms with van der Waals surface area (Å²) in [7, 11) is 1.62. The molecule has 0 spiro atoms. The lowest BCUT2D eigenvalue weighted by Gasteiger charge is -2.29. The van der Waals surface area contributed by atoms with Gasteiger partial charge in [0.15, 0.2) is 16.9 Å². The van der Waals surface area contributed by atoms with E-state index in [9.17, 15) is 9.59 Å². The molecule has 1 aliphatic heterocycles. The SMILES string of the molecule is CCOC(=O)c1cn2c(cc1=O)-c1cc(OC)c(OC3CCC3)cc1CC2.